The van der Waals surface area contributed by atoms with Crippen LogP contribution in [-0.2, 0) is 11.2 Å². The first-order chi connectivity index (χ1) is 11.6. The zero-order valence-corrected chi connectivity index (χ0v) is 14.7. The third-order valence-corrected chi connectivity index (χ3v) is 4.98. The summed E-state index contributed by atoms with van der Waals surface area (Å²) in [6.45, 7) is 4.20. The SMILES string of the molecule is Cc1ccc(CCC(=O)Nc2ccnn2C2CCCCC2)c(C)c1. The highest BCUT2D eigenvalue weighted by molar-refractivity contribution is 5.90. The van der Waals surface area contributed by atoms with Crippen molar-refractivity contribution in [3.63, 3.8) is 0 Å². The Bertz CT molecular complexity index is 699. The van der Waals surface area contributed by atoms with Crippen LogP contribution in [0.25, 0.3) is 0 Å². The van der Waals surface area contributed by atoms with E-state index < -0.39 is 0 Å². The molecule has 128 valence electrons. The standard InChI is InChI=1S/C20H27N3O/c1-15-8-9-17(16(2)14-15)10-11-20(24)22-19-12-13-21-23(19)18-6-4-3-5-7-18/h8-9,12-14,18H,3-7,10-11H2,1-2H3,(H,22,24). The van der Waals surface area contributed by atoms with Gasteiger partial charge in [0, 0.05) is 12.5 Å². The summed E-state index contributed by atoms with van der Waals surface area (Å²) in [6, 6.07) is 8.75. The molecule has 0 atom stereocenters. The van der Waals surface area contributed by atoms with Gasteiger partial charge in [0.1, 0.15) is 5.82 Å². The van der Waals surface area contributed by atoms with Crippen molar-refractivity contribution < 1.29 is 4.79 Å². The van der Waals surface area contributed by atoms with Crippen molar-refractivity contribution in [3.8, 4) is 0 Å². The minimum Gasteiger partial charge on any atom is -0.311 e. The molecule has 0 bridgehead atoms. The fourth-order valence-electron chi connectivity index (χ4n) is 3.61. The van der Waals surface area contributed by atoms with Crippen LogP contribution in [0.4, 0.5) is 5.82 Å². The molecule has 4 heteroatoms. The minimum atomic E-state index is 0.0625. The Morgan fingerprint density at radius 1 is 1.21 bits per heavy atom. The monoisotopic (exact) mass is 325 g/mol. The molecule has 0 unspecified atom stereocenters. The number of nitrogens with one attached hydrogen (secondary N) is 1. The van der Waals surface area contributed by atoms with Crippen LogP contribution in [0.15, 0.2) is 30.5 Å². The number of benzene rings is 1. The molecule has 1 aliphatic rings. The molecule has 0 spiro atoms. The maximum Gasteiger partial charge on any atom is 0.225 e. The van der Waals surface area contributed by atoms with Crippen LogP contribution in [0.5, 0.6) is 0 Å². The van der Waals surface area contributed by atoms with Gasteiger partial charge in [0.25, 0.3) is 0 Å². The number of carbonyl (C=O) groups is 1. The summed E-state index contributed by atoms with van der Waals surface area (Å²) in [6.07, 6.45) is 9.20. The molecular formula is C20H27N3O. The van der Waals surface area contributed by atoms with Gasteiger partial charge in [0.2, 0.25) is 5.91 Å². The van der Waals surface area contributed by atoms with Gasteiger partial charge in [0.05, 0.1) is 12.2 Å². The van der Waals surface area contributed by atoms with Gasteiger partial charge >= 0.3 is 0 Å². The van der Waals surface area contributed by atoms with Crippen LogP contribution >= 0.6 is 0 Å². The van der Waals surface area contributed by atoms with Crippen molar-refractivity contribution in [1.29, 1.82) is 0 Å². The van der Waals surface area contributed by atoms with Gasteiger partial charge in [-0.2, -0.15) is 5.10 Å². The van der Waals surface area contributed by atoms with E-state index in [1.807, 2.05) is 10.7 Å². The Hall–Kier alpha value is -2.10. The topological polar surface area (TPSA) is 46.9 Å². The lowest BCUT2D eigenvalue weighted by atomic mass is 9.96. The summed E-state index contributed by atoms with van der Waals surface area (Å²) < 4.78 is 2.01. The minimum absolute atomic E-state index is 0.0625. The lowest BCUT2D eigenvalue weighted by molar-refractivity contribution is -0.116. The molecule has 24 heavy (non-hydrogen) atoms. The molecule has 1 fully saturated rings. The molecule has 1 amide bonds. The van der Waals surface area contributed by atoms with Crippen LogP contribution in [0.2, 0.25) is 0 Å². The summed E-state index contributed by atoms with van der Waals surface area (Å²) in [5, 5.41) is 7.49. The average molecular weight is 325 g/mol. The molecule has 3 rings (SSSR count). The molecule has 4 nitrogen and oxygen atoms in total. The molecule has 0 radical (unpaired) electrons. The molecular weight excluding hydrogens is 298 g/mol. The van der Waals surface area contributed by atoms with Crippen LogP contribution < -0.4 is 5.32 Å². The van der Waals surface area contributed by atoms with E-state index >= 15 is 0 Å². The second-order valence-corrected chi connectivity index (χ2v) is 6.93. The van der Waals surface area contributed by atoms with Crippen molar-refractivity contribution in [2.24, 2.45) is 0 Å². The number of anilines is 1. The second-order valence-electron chi connectivity index (χ2n) is 6.93. The predicted octanol–water partition coefficient (Wildman–Crippen LogP) is 4.58. The van der Waals surface area contributed by atoms with Crippen molar-refractivity contribution in [2.45, 2.75) is 64.8 Å². The number of nitrogens with zero attached hydrogens (tertiary/aromatic N) is 2. The highest BCUT2D eigenvalue weighted by Gasteiger charge is 2.19. The van der Waals surface area contributed by atoms with Gasteiger partial charge in [0.15, 0.2) is 0 Å². The van der Waals surface area contributed by atoms with E-state index in [4.69, 9.17) is 0 Å². The summed E-state index contributed by atoms with van der Waals surface area (Å²) in [4.78, 5) is 12.3. The number of hydrogen-bond donors (Lipinski definition) is 1. The molecule has 1 heterocycles. The molecule has 0 saturated heterocycles. The Morgan fingerprint density at radius 3 is 2.75 bits per heavy atom. The largest absolute Gasteiger partial charge is 0.311 e. The van der Waals surface area contributed by atoms with Gasteiger partial charge in [-0.05, 0) is 44.2 Å². The molecule has 1 saturated carbocycles. The molecule has 1 aliphatic carbocycles. The average Bonchev–Trinajstić information content (AvgIpc) is 3.03. The van der Waals surface area contributed by atoms with Crippen LogP contribution in [0.1, 0.15) is 61.3 Å². The van der Waals surface area contributed by atoms with Gasteiger partial charge in [-0.3, -0.25) is 4.79 Å². The number of rotatable bonds is 5. The van der Waals surface area contributed by atoms with E-state index in [2.05, 4.69) is 42.5 Å². The van der Waals surface area contributed by atoms with E-state index in [0.717, 1.165) is 25.1 Å². The van der Waals surface area contributed by atoms with E-state index in [1.54, 1.807) is 6.20 Å². The Balaban J connectivity index is 1.58. The van der Waals surface area contributed by atoms with Crippen LogP contribution in [0.3, 0.4) is 0 Å². The van der Waals surface area contributed by atoms with Crippen molar-refractivity contribution in [1.82, 2.24) is 9.78 Å². The van der Waals surface area contributed by atoms with Gasteiger partial charge in [-0.25, -0.2) is 4.68 Å². The van der Waals surface area contributed by atoms with Crippen LogP contribution in [0, 0.1) is 13.8 Å². The van der Waals surface area contributed by atoms with E-state index in [1.165, 1.54) is 36.0 Å². The quantitative estimate of drug-likeness (QED) is 0.875. The molecule has 1 N–H and O–H groups in total. The Labute approximate surface area is 144 Å². The zero-order chi connectivity index (χ0) is 16.9. The first-order valence-electron chi connectivity index (χ1n) is 9.03. The smallest absolute Gasteiger partial charge is 0.225 e. The number of aromatic nitrogens is 2. The highest BCUT2D eigenvalue weighted by atomic mass is 16.1. The van der Waals surface area contributed by atoms with Crippen molar-refractivity contribution >= 4 is 11.7 Å². The third kappa shape index (κ3) is 4.05. The molecule has 1 aromatic heterocycles. The summed E-state index contributed by atoms with van der Waals surface area (Å²) >= 11 is 0. The van der Waals surface area contributed by atoms with E-state index in [-0.39, 0.29) is 5.91 Å². The van der Waals surface area contributed by atoms with Gasteiger partial charge in [-0.1, -0.05) is 43.0 Å². The summed E-state index contributed by atoms with van der Waals surface area (Å²) in [5.41, 5.74) is 3.77. The Kier molecular flexibility index (Phi) is 5.34. The molecule has 2 aromatic rings. The maximum absolute atomic E-state index is 12.3. The fraction of sp³-hybridized carbons (Fsp3) is 0.500. The lowest BCUT2D eigenvalue weighted by Gasteiger charge is -2.23. The normalized spacial score (nSPS) is 15.4. The van der Waals surface area contributed by atoms with E-state index in [0.29, 0.717) is 12.5 Å². The van der Waals surface area contributed by atoms with Crippen LogP contribution in [-0.4, -0.2) is 15.7 Å². The predicted molar refractivity (Wildman–Crippen MR) is 97.2 cm³/mol. The molecule has 0 aliphatic heterocycles. The fourth-order valence-corrected chi connectivity index (χ4v) is 3.61. The Morgan fingerprint density at radius 2 is 2.00 bits per heavy atom. The number of carbonyl (C=O) groups excluding carboxylic acids is 1. The van der Waals surface area contributed by atoms with Gasteiger partial charge < -0.3 is 5.32 Å². The maximum atomic E-state index is 12.3. The van der Waals surface area contributed by atoms with Crippen molar-refractivity contribution in [2.75, 3.05) is 5.32 Å². The summed E-state index contributed by atoms with van der Waals surface area (Å²) in [5.74, 6) is 0.903. The number of aryl methyl sites for hydroxylation is 3. The number of amides is 1. The lowest BCUT2D eigenvalue weighted by Crippen LogP contribution is -2.20. The van der Waals surface area contributed by atoms with Gasteiger partial charge in [-0.15, -0.1) is 0 Å². The summed E-state index contributed by atoms with van der Waals surface area (Å²) in [7, 11) is 0. The van der Waals surface area contributed by atoms with E-state index in [9.17, 15) is 4.79 Å². The highest BCUT2D eigenvalue weighted by Crippen LogP contribution is 2.29. The number of hydrogen-bond acceptors (Lipinski definition) is 2. The zero-order valence-electron chi connectivity index (χ0n) is 14.7. The molecule has 1 aromatic carbocycles. The first kappa shape index (κ1) is 16.7. The second kappa shape index (κ2) is 7.65. The first-order valence-corrected chi connectivity index (χ1v) is 9.03. The third-order valence-electron chi connectivity index (χ3n) is 4.98. The van der Waals surface area contributed by atoms with Crippen molar-refractivity contribution in [3.05, 3.63) is 47.2 Å².